The topological polar surface area (TPSA) is 55.6 Å². The zero-order valence-electron chi connectivity index (χ0n) is 18.6. The lowest BCUT2D eigenvalue weighted by Crippen LogP contribution is -2.23. The van der Waals surface area contributed by atoms with E-state index in [0.29, 0.717) is 12.5 Å². The fourth-order valence-electron chi connectivity index (χ4n) is 4.09. The number of amides is 1. The van der Waals surface area contributed by atoms with Gasteiger partial charge in [-0.1, -0.05) is 43.9 Å². The van der Waals surface area contributed by atoms with Crippen LogP contribution >= 0.6 is 11.3 Å². The van der Waals surface area contributed by atoms with Gasteiger partial charge in [0.25, 0.3) is 0 Å². The summed E-state index contributed by atoms with van der Waals surface area (Å²) in [5.41, 5.74) is 1.78. The number of aromatic nitrogens is 1. The van der Waals surface area contributed by atoms with E-state index in [4.69, 9.17) is 9.73 Å². The van der Waals surface area contributed by atoms with E-state index >= 15 is 0 Å². The first kappa shape index (κ1) is 22.3. The van der Waals surface area contributed by atoms with E-state index in [0.717, 1.165) is 34.2 Å². The van der Waals surface area contributed by atoms with Gasteiger partial charge in [-0.05, 0) is 56.2 Å². The number of rotatable bonds is 7. The maximum atomic E-state index is 12.7. The third-order valence-electron chi connectivity index (χ3n) is 5.77. The molecule has 1 N–H and O–H groups in total. The van der Waals surface area contributed by atoms with Gasteiger partial charge in [0.15, 0.2) is 4.80 Å². The number of nitrogens with zero attached hydrogens (tertiary/aromatic N) is 2. The molecule has 1 heterocycles. The third kappa shape index (κ3) is 6.10. The van der Waals surface area contributed by atoms with Crippen molar-refractivity contribution in [2.24, 2.45) is 4.99 Å². The fourth-order valence-corrected chi connectivity index (χ4v) is 5.13. The molecule has 32 heavy (non-hydrogen) atoms. The quantitative estimate of drug-likeness (QED) is 0.439. The monoisotopic (exact) mass is 449 g/mol. The van der Waals surface area contributed by atoms with Crippen molar-refractivity contribution < 1.29 is 9.53 Å². The van der Waals surface area contributed by atoms with Crippen molar-refractivity contribution in [2.45, 2.75) is 64.5 Å². The highest BCUT2D eigenvalue weighted by Gasteiger charge is 2.14. The summed E-state index contributed by atoms with van der Waals surface area (Å²) >= 11 is 1.65. The van der Waals surface area contributed by atoms with Gasteiger partial charge in [-0.3, -0.25) is 9.79 Å². The van der Waals surface area contributed by atoms with Gasteiger partial charge >= 0.3 is 0 Å². The van der Waals surface area contributed by atoms with E-state index < -0.39 is 0 Å². The molecule has 0 atom stereocenters. The number of hydrogen-bond donors (Lipinski definition) is 1. The molecule has 0 aliphatic heterocycles. The maximum Gasteiger partial charge on any atom is 0.230 e. The standard InChI is InChI=1S/C26H31N3O2S/c1-2-29-22(19-32-26(29)28-20-10-6-3-4-7-11-20)18-25(30)27-21-14-16-24(17-15-21)31-23-12-8-5-9-13-23/h5,8-9,12-17,19-20H,2-4,6-7,10-11,18H2,1H3,(H,27,30). The summed E-state index contributed by atoms with van der Waals surface area (Å²) in [5.74, 6) is 1.50. The zero-order valence-corrected chi connectivity index (χ0v) is 19.4. The Bertz CT molecular complexity index is 1060. The lowest BCUT2D eigenvalue weighted by atomic mass is 10.1. The molecule has 0 spiro atoms. The number of nitrogens with one attached hydrogen (secondary N) is 1. The number of hydrogen-bond acceptors (Lipinski definition) is 4. The highest BCUT2D eigenvalue weighted by Crippen LogP contribution is 2.23. The Labute approximate surface area is 193 Å². The van der Waals surface area contributed by atoms with E-state index in [1.165, 1.54) is 38.5 Å². The fraction of sp³-hybridized carbons (Fsp3) is 0.385. The minimum absolute atomic E-state index is 0.0252. The molecule has 1 fully saturated rings. The molecule has 0 bridgehead atoms. The second kappa shape index (κ2) is 11.1. The first-order chi connectivity index (χ1) is 15.7. The molecule has 1 aliphatic rings. The highest BCUT2D eigenvalue weighted by molar-refractivity contribution is 7.07. The number of carbonyl (C=O) groups is 1. The van der Waals surface area contributed by atoms with Crippen LogP contribution in [0.4, 0.5) is 5.69 Å². The van der Waals surface area contributed by atoms with E-state index in [2.05, 4.69) is 22.2 Å². The predicted molar refractivity (Wildman–Crippen MR) is 130 cm³/mol. The average Bonchev–Trinajstić information content (AvgIpc) is 2.99. The Balaban J connectivity index is 1.38. The van der Waals surface area contributed by atoms with Crippen molar-refractivity contribution in [2.75, 3.05) is 5.32 Å². The Kier molecular flexibility index (Phi) is 7.77. The van der Waals surface area contributed by atoms with Crippen LogP contribution in [-0.4, -0.2) is 16.5 Å². The molecule has 0 saturated heterocycles. The van der Waals surface area contributed by atoms with Crippen molar-refractivity contribution in [1.29, 1.82) is 0 Å². The first-order valence-corrected chi connectivity index (χ1v) is 12.4. The van der Waals surface area contributed by atoms with Gasteiger partial charge in [-0.25, -0.2) is 0 Å². The lowest BCUT2D eigenvalue weighted by molar-refractivity contribution is -0.115. The van der Waals surface area contributed by atoms with Crippen molar-refractivity contribution >= 4 is 22.9 Å². The molecule has 3 aromatic rings. The Morgan fingerprint density at radius 1 is 1.03 bits per heavy atom. The van der Waals surface area contributed by atoms with Crippen LogP contribution in [0, 0.1) is 0 Å². The van der Waals surface area contributed by atoms with E-state index in [9.17, 15) is 4.79 Å². The summed E-state index contributed by atoms with van der Waals surface area (Å²) in [6.07, 6.45) is 7.91. The van der Waals surface area contributed by atoms with Crippen LogP contribution in [0.15, 0.2) is 65.0 Å². The molecule has 6 heteroatoms. The molecular formula is C26H31N3O2S. The molecule has 1 amide bonds. The number of para-hydroxylation sites is 1. The molecule has 1 saturated carbocycles. The zero-order chi connectivity index (χ0) is 22.2. The van der Waals surface area contributed by atoms with Crippen molar-refractivity contribution in [3.63, 3.8) is 0 Å². The minimum Gasteiger partial charge on any atom is -0.457 e. The van der Waals surface area contributed by atoms with Crippen LogP contribution in [0.3, 0.4) is 0 Å². The van der Waals surface area contributed by atoms with E-state index in [-0.39, 0.29) is 5.91 Å². The summed E-state index contributed by atoms with van der Waals surface area (Å²) in [5, 5.41) is 5.08. The lowest BCUT2D eigenvalue weighted by Gasteiger charge is -2.10. The van der Waals surface area contributed by atoms with Gasteiger partial charge in [0.1, 0.15) is 11.5 Å². The van der Waals surface area contributed by atoms with Crippen LogP contribution < -0.4 is 14.9 Å². The minimum atomic E-state index is -0.0252. The third-order valence-corrected chi connectivity index (χ3v) is 6.70. The molecular weight excluding hydrogens is 418 g/mol. The van der Waals surface area contributed by atoms with Crippen LogP contribution in [-0.2, 0) is 17.8 Å². The summed E-state index contributed by atoms with van der Waals surface area (Å²) in [7, 11) is 0. The molecule has 1 aromatic heterocycles. The van der Waals surface area contributed by atoms with Crippen molar-refractivity contribution in [1.82, 2.24) is 4.57 Å². The molecule has 5 nitrogen and oxygen atoms in total. The first-order valence-electron chi connectivity index (χ1n) is 11.5. The number of anilines is 1. The summed E-state index contributed by atoms with van der Waals surface area (Å²) in [4.78, 5) is 18.8. The second-order valence-electron chi connectivity index (χ2n) is 8.19. The molecule has 0 radical (unpaired) electrons. The molecule has 1 aliphatic carbocycles. The average molecular weight is 450 g/mol. The van der Waals surface area contributed by atoms with Gasteiger partial charge in [0, 0.05) is 23.3 Å². The SMILES string of the molecule is CCn1c(CC(=O)Nc2ccc(Oc3ccccc3)cc2)csc1=NC1CCCCCC1. The van der Waals surface area contributed by atoms with Crippen LogP contribution in [0.5, 0.6) is 11.5 Å². The largest absolute Gasteiger partial charge is 0.457 e. The predicted octanol–water partition coefficient (Wildman–Crippen LogP) is 6.17. The maximum absolute atomic E-state index is 12.7. The number of thiazole rings is 1. The molecule has 2 aromatic carbocycles. The Hall–Kier alpha value is -2.86. The van der Waals surface area contributed by atoms with Gasteiger partial charge in [-0.15, -0.1) is 11.3 Å². The van der Waals surface area contributed by atoms with Gasteiger partial charge in [0.2, 0.25) is 5.91 Å². The number of ether oxygens (including phenoxy) is 1. The Morgan fingerprint density at radius 2 is 1.72 bits per heavy atom. The van der Waals surface area contributed by atoms with E-state index in [1.54, 1.807) is 11.3 Å². The smallest absolute Gasteiger partial charge is 0.230 e. The summed E-state index contributed by atoms with van der Waals surface area (Å²) in [6.45, 7) is 2.94. The number of carbonyl (C=O) groups excluding carboxylic acids is 1. The summed E-state index contributed by atoms with van der Waals surface area (Å²) < 4.78 is 8.00. The van der Waals surface area contributed by atoms with Gasteiger partial charge in [-0.2, -0.15) is 0 Å². The second-order valence-corrected chi connectivity index (χ2v) is 9.03. The van der Waals surface area contributed by atoms with Crippen LogP contribution in [0.1, 0.15) is 51.1 Å². The summed E-state index contributed by atoms with van der Waals surface area (Å²) in [6, 6.07) is 17.5. The Morgan fingerprint density at radius 3 is 2.41 bits per heavy atom. The molecule has 4 rings (SSSR count). The van der Waals surface area contributed by atoms with Crippen molar-refractivity contribution in [3.05, 3.63) is 70.5 Å². The van der Waals surface area contributed by atoms with Crippen LogP contribution in [0.25, 0.3) is 0 Å². The molecule has 0 unspecified atom stereocenters. The van der Waals surface area contributed by atoms with Gasteiger partial charge < -0.3 is 14.6 Å². The van der Waals surface area contributed by atoms with Gasteiger partial charge in [0.05, 0.1) is 12.5 Å². The van der Waals surface area contributed by atoms with Crippen molar-refractivity contribution in [3.8, 4) is 11.5 Å². The molecule has 168 valence electrons. The normalized spacial score (nSPS) is 15.3. The van der Waals surface area contributed by atoms with Crippen LogP contribution in [0.2, 0.25) is 0 Å². The highest BCUT2D eigenvalue weighted by atomic mass is 32.1. The number of benzene rings is 2. The van der Waals surface area contributed by atoms with E-state index in [1.807, 2.05) is 54.6 Å².